The van der Waals surface area contributed by atoms with Crippen LogP contribution < -0.4 is 10.2 Å². The summed E-state index contributed by atoms with van der Waals surface area (Å²) in [6.07, 6.45) is 1.33. The van der Waals surface area contributed by atoms with Crippen LogP contribution in [0.1, 0.15) is 20.8 Å². The SMILES string of the molecule is COC(=O)c1ccc(Nc2cc(C(=O)N(C)c3ccccc3)ncn2)cc1. The van der Waals surface area contributed by atoms with Crippen molar-refractivity contribution in [1.82, 2.24) is 9.97 Å². The van der Waals surface area contributed by atoms with Gasteiger partial charge in [0.1, 0.15) is 17.8 Å². The van der Waals surface area contributed by atoms with E-state index in [1.807, 2.05) is 30.3 Å². The van der Waals surface area contributed by atoms with E-state index < -0.39 is 5.97 Å². The van der Waals surface area contributed by atoms with Gasteiger partial charge >= 0.3 is 5.97 Å². The van der Waals surface area contributed by atoms with Crippen molar-refractivity contribution in [3.8, 4) is 0 Å². The van der Waals surface area contributed by atoms with Crippen LogP contribution in [0, 0.1) is 0 Å². The summed E-state index contributed by atoms with van der Waals surface area (Å²) in [6.45, 7) is 0. The summed E-state index contributed by atoms with van der Waals surface area (Å²) in [4.78, 5) is 33.9. The molecule has 1 aromatic heterocycles. The second-order valence-corrected chi connectivity index (χ2v) is 5.68. The van der Waals surface area contributed by atoms with Gasteiger partial charge in [-0.05, 0) is 36.4 Å². The molecule has 0 saturated heterocycles. The second kappa shape index (κ2) is 8.09. The first-order valence-corrected chi connectivity index (χ1v) is 8.19. The molecule has 0 bridgehead atoms. The summed E-state index contributed by atoms with van der Waals surface area (Å²) in [5.74, 6) is -0.172. The Kier molecular flexibility index (Phi) is 5.41. The standard InChI is InChI=1S/C20H18N4O3/c1-24(16-6-4-3-5-7-16)19(25)17-12-18(22-13-21-17)23-15-10-8-14(9-11-15)20(26)27-2/h3-13H,1-2H3,(H,21,22,23). The molecule has 0 aliphatic rings. The Hall–Kier alpha value is -3.74. The van der Waals surface area contributed by atoms with E-state index in [2.05, 4.69) is 20.0 Å². The number of nitrogens with one attached hydrogen (secondary N) is 1. The topological polar surface area (TPSA) is 84.4 Å². The Morgan fingerprint density at radius 3 is 2.37 bits per heavy atom. The molecule has 1 N–H and O–H groups in total. The maximum atomic E-state index is 12.7. The number of carbonyl (C=O) groups is 2. The number of aromatic nitrogens is 2. The van der Waals surface area contributed by atoms with Crippen LogP contribution in [0.2, 0.25) is 0 Å². The number of esters is 1. The molecule has 0 spiro atoms. The van der Waals surface area contributed by atoms with Crippen LogP contribution >= 0.6 is 0 Å². The Balaban J connectivity index is 1.75. The zero-order valence-electron chi connectivity index (χ0n) is 14.9. The third kappa shape index (κ3) is 4.27. The summed E-state index contributed by atoms with van der Waals surface area (Å²) in [5.41, 5.74) is 2.21. The molecule has 1 amide bonds. The minimum atomic E-state index is -0.402. The molecule has 0 atom stereocenters. The molecule has 7 nitrogen and oxygen atoms in total. The minimum absolute atomic E-state index is 0.243. The smallest absolute Gasteiger partial charge is 0.337 e. The highest BCUT2D eigenvalue weighted by molar-refractivity contribution is 6.04. The Labute approximate surface area is 156 Å². The number of methoxy groups -OCH3 is 1. The first-order valence-electron chi connectivity index (χ1n) is 8.19. The van der Waals surface area contributed by atoms with Gasteiger partial charge in [0.25, 0.3) is 5.91 Å². The molecular weight excluding hydrogens is 344 g/mol. The molecule has 0 aliphatic carbocycles. The van der Waals surface area contributed by atoms with Gasteiger partial charge in [0.15, 0.2) is 0 Å². The summed E-state index contributed by atoms with van der Waals surface area (Å²) in [7, 11) is 3.03. The fraction of sp³-hybridized carbons (Fsp3) is 0.100. The highest BCUT2D eigenvalue weighted by atomic mass is 16.5. The molecule has 1 heterocycles. The molecule has 3 aromatic rings. The van der Waals surface area contributed by atoms with E-state index in [1.165, 1.54) is 18.3 Å². The Morgan fingerprint density at radius 1 is 1.00 bits per heavy atom. The van der Waals surface area contributed by atoms with Gasteiger partial charge in [-0.15, -0.1) is 0 Å². The number of carbonyl (C=O) groups excluding carboxylic acids is 2. The maximum Gasteiger partial charge on any atom is 0.337 e. The Morgan fingerprint density at radius 2 is 1.70 bits per heavy atom. The van der Waals surface area contributed by atoms with Crippen molar-refractivity contribution in [3.63, 3.8) is 0 Å². The van der Waals surface area contributed by atoms with Gasteiger partial charge in [-0.1, -0.05) is 18.2 Å². The van der Waals surface area contributed by atoms with Crippen molar-refractivity contribution in [1.29, 1.82) is 0 Å². The van der Waals surface area contributed by atoms with Gasteiger partial charge in [0.2, 0.25) is 0 Å². The normalized spacial score (nSPS) is 10.1. The molecule has 0 fully saturated rings. The van der Waals surface area contributed by atoms with Crippen molar-refractivity contribution in [2.24, 2.45) is 0 Å². The molecule has 0 aliphatic heterocycles. The molecule has 3 rings (SSSR count). The zero-order chi connectivity index (χ0) is 19.2. The van der Waals surface area contributed by atoms with Gasteiger partial charge in [-0.2, -0.15) is 0 Å². The first-order chi connectivity index (χ1) is 13.1. The molecule has 7 heteroatoms. The molecule has 27 heavy (non-hydrogen) atoms. The zero-order valence-corrected chi connectivity index (χ0v) is 14.9. The molecule has 0 radical (unpaired) electrons. The predicted octanol–water partition coefficient (Wildman–Crippen LogP) is 3.28. The third-order valence-electron chi connectivity index (χ3n) is 3.91. The van der Waals surface area contributed by atoms with Gasteiger partial charge in [0.05, 0.1) is 12.7 Å². The monoisotopic (exact) mass is 362 g/mol. The number of hydrogen-bond acceptors (Lipinski definition) is 6. The van der Waals surface area contributed by atoms with E-state index in [1.54, 1.807) is 37.4 Å². The van der Waals surface area contributed by atoms with Crippen LogP contribution in [0.15, 0.2) is 67.0 Å². The molecule has 136 valence electrons. The van der Waals surface area contributed by atoms with E-state index in [0.717, 1.165) is 11.4 Å². The van der Waals surface area contributed by atoms with Crippen LogP contribution in [0.3, 0.4) is 0 Å². The summed E-state index contributed by atoms with van der Waals surface area (Å²) < 4.78 is 4.67. The molecular formula is C20H18N4O3. The summed E-state index contributed by atoms with van der Waals surface area (Å²) >= 11 is 0. The lowest BCUT2D eigenvalue weighted by molar-refractivity contribution is 0.0600. The lowest BCUT2D eigenvalue weighted by Crippen LogP contribution is -2.27. The number of rotatable bonds is 5. The Bertz CT molecular complexity index is 943. The van der Waals surface area contributed by atoms with E-state index >= 15 is 0 Å². The number of benzene rings is 2. The van der Waals surface area contributed by atoms with Crippen LogP contribution in [-0.2, 0) is 4.74 Å². The maximum absolute atomic E-state index is 12.7. The quantitative estimate of drug-likeness (QED) is 0.701. The molecule has 2 aromatic carbocycles. The van der Waals surface area contributed by atoms with E-state index in [4.69, 9.17) is 0 Å². The summed E-state index contributed by atoms with van der Waals surface area (Å²) in [5, 5.41) is 3.09. The van der Waals surface area contributed by atoms with Crippen LogP contribution in [-0.4, -0.2) is 36.0 Å². The lowest BCUT2D eigenvalue weighted by Gasteiger charge is -2.17. The van der Waals surface area contributed by atoms with E-state index in [0.29, 0.717) is 11.4 Å². The van der Waals surface area contributed by atoms with Gasteiger partial charge in [-0.25, -0.2) is 14.8 Å². The van der Waals surface area contributed by atoms with Crippen molar-refractivity contribution >= 4 is 29.1 Å². The lowest BCUT2D eigenvalue weighted by atomic mass is 10.2. The van der Waals surface area contributed by atoms with Gasteiger partial charge in [0, 0.05) is 24.5 Å². The molecule has 0 unspecified atom stereocenters. The van der Waals surface area contributed by atoms with Crippen molar-refractivity contribution in [2.45, 2.75) is 0 Å². The minimum Gasteiger partial charge on any atom is -0.465 e. The number of amides is 1. The second-order valence-electron chi connectivity index (χ2n) is 5.68. The van der Waals surface area contributed by atoms with Crippen LogP contribution in [0.5, 0.6) is 0 Å². The highest BCUT2D eigenvalue weighted by Crippen LogP contribution is 2.18. The van der Waals surface area contributed by atoms with Crippen molar-refractivity contribution in [2.75, 3.05) is 24.4 Å². The number of ether oxygens (including phenoxy) is 1. The van der Waals surface area contributed by atoms with Crippen molar-refractivity contribution in [3.05, 3.63) is 78.2 Å². The highest BCUT2D eigenvalue weighted by Gasteiger charge is 2.15. The van der Waals surface area contributed by atoms with E-state index in [-0.39, 0.29) is 11.6 Å². The number of para-hydroxylation sites is 1. The average Bonchev–Trinajstić information content (AvgIpc) is 2.73. The summed E-state index contributed by atoms with van der Waals surface area (Å²) in [6, 6.07) is 17.6. The largest absolute Gasteiger partial charge is 0.465 e. The number of anilines is 3. The van der Waals surface area contributed by atoms with E-state index in [9.17, 15) is 9.59 Å². The van der Waals surface area contributed by atoms with Crippen molar-refractivity contribution < 1.29 is 14.3 Å². The van der Waals surface area contributed by atoms with Gasteiger partial charge < -0.3 is 15.0 Å². The number of hydrogen-bond donors (Lipinski definition) is 1. The predicted molar refractivity (Wildman–Crippen MR) is 102 cm³/mol. The number of nitrogens with zero attached hydrogens (tertiary/aromatic N) is 3. The average molecular weight is 362 g/mol. The van der Waals surface area contributed by atoms with Crippen LogP contribution in [0.25, 0.3) is 0 Å². The van der Waals surface area contributed by atoms with Gasteiger partial charge in [-0.3, -0.25) is 4.79 Å². The first kappa shape index (κ1) is 18.1. The fourth-order valence-electron chi connectivity index (χ4n) is 2.44. The van der Waals surface area contributed by atoms with Crippen LogP contribution in [0.4, 0.5) is 17.2 Å². The fourth-order valence-corrected chi connectivity index (χ4v) is 2.44. The third-order valence-corrected chi connectivity index (χ3v) is 3.91. The molecule has 0 saturated carbocycles.